The second-order valence-corrected chi connectivity index (χ2v) is 7.64. The lowest BCUT2D eigenvalue weighted by molar-refractivity contribution is -0.139. The van der Waals surface area contributed by atoms with Gasteiger partial charge in [0, 0.05) is 22.8 Å². The Balaban J connectivity index is 1.82. The van der Waals surface area contributed by atoms with Crippen molar-refractivity contribution >= 4 is 40.7 Å². The van der Waals surface area contributed by atoms with Crippen LogP contribution in [0.25, 0.3) is 0 Å². The van der Waals surface area contributed by atoms with Crippen LogP contribution in [-0.2, 0) is 11.3 Å². The lowest BCUT2D eigenvalue weighted by atomic mass is 10.1. The van der Waals surface area contributed by atoms with E-state index in [4.69, 9.17) is 37.3 Å². The van der Waals surface area contributed by atoms with Gasteiger partial charge in [-0.05, 0) is 43.3 Å². The molecule has 0 aliphatic heterocycles. The Hall–Kier alpha value is -4.31. The molecule has 0 spiro atoms. The number of amidine groups is 1. The molecule has 2 aromatic carbocycles. The van der Waals surface area contributed by atoms with Crippen molar-refractivity contribution in [3.63, 3.8) is 0 Å². The number of rotatable bonds is 11. The van der Waals surface area contributed by atoms with Crippen LogP contribution >= 0.6 is 11.6 Å². The van der Waals surface area contributed by atoms with Crippen LogP contribution < -0.4 is 25.8 Å². The van der Waals surface area contributed by atoms with Crippen molar-refractivity contribution in [3.8, 4) is 11.5 Å². The standard InChI is InChI=1S/C24H24ClN5O5/c1-2-34-20-5-3-4-14(22(20)35-13-21(31)32)11-28-18-8-6-15(25)10-17(18)24(33)30-16-7-9-19(23(26)27)29-12-16/h3-10,12,28H,2,11,13H2,1H3,(H3,26,27)(H,30,33)(H,31,32). The molecule has 3 aromatic rings. The zero-order valence-corrected chi connectivity index (χ0v) is 19.6. The highest BCUT2D eigenvalue weighted by Gasteiger charge is 2.16. The van der Waals surface area contributed by atoms with Gasteiger partial charge < -0.3 is 30.9 Å². The van der Waals surface area contributed by atoms with Crippen molar-refractivity contribution in [3.05, 3.63) is 76.6 Å². The first-order valence-electron chi connectivity index (χ1n) is 10.5. The Morgan fingerprint density at radius 1 is 1.17 bits per heavy atom. The molecule has 11 heteroatoms. The number of amides is 1. The fourth-order valence-electron chi connectivity index (χ4n) is 3.14. The first-order valence-corrected chi connectivity index (χ1v) is 10.9. The Morgan fingerprint density at radius 3 is 2.63 bits per heavy atom. The summed E-state index contributed by atoms with van der Waals surface area (Å²) in [5, 5.41) is 22.7. The molecule has 0 aliphatic rings. The van der Waals surface area contributed by atoms with Gasteiger partial charge in [-0.15, -0.1) is 0 Å². The lowest BCUT2D eigenvalue weighted by Crippen LogP contribution is -2.17. The molecule has 10 nitrogen and oxygen atoms in total. The van der Waals surface area contributed by atoms with Crippen LogP contribution in [-0.4, -0.2) is 41.0 Å². The number of pyridine rings is 1. The van der Waals surface area contributed by atoms with E-state index in [1.165, 1.54) is 18.3 Å². The van der Waals surface area contributed by atoms with E-state index in [-0.39, 0.29) is 17.9 Å². The number of para-hydroxylation sites is 1. The predicted molar refractivity (Wildman–Crippen MR) is 133 cm³/mol. The second kappa shape index (κ2) is 11.7. The van der Waals surface area contributed by atoms with Gasteiger partial charge in [0.2, 0.25) is 0 Å². The summed E-state index contributed by atoms with van der Waals surface area (Å²) < 4.78 is 11.1. The predicted octanol–water partition coefficient (Wildman–Crippen LogP) is 3.75. The third-order valence-corrected chi connectivity index (χ3v) is 4.93. The van der Waals surface area contributed by atoms with Crippen molar-refractivity contribution in [2.75, 3.05) is 23.8 Å². The molecular weight excluding hydrogens is 474 g/mol. The number of hydrogen-bond donors (Lipinski definition) is 5. The van der Waals surface area contributed by atoms with E-state index in [2.05, 4.69) is 15.6 Å². The van der Waals surface area contributed by atoms with Crippen molar-refractivity contribution in [2.45, 2.75) is 13.5 Å². The van der Waals surface area contributed by atoms with Crippen molar-refractivity contribution in [2.24, 2.45) is 5.73 Å². The summed E-state index contributed by atoms with van der Waals surface area (Å²) in [5.74, 6) is -0.996. The van der Waals surface area contributed by atoms with E-state index in [1.807, 2.05) is 6.92 Å². The maximum absolute atomic E-state index is 13.0. The molecule has 1 heterocycles. The number of carboxylic acids is 1. The minimum atomic E-state index is -1.11. The molecule has 0 radical (unpaired) electrons. The van der Waals surface area contributed by atoms with Crippen molar-refractivity contribution in [1.82, 2.24) is 4.98 Å². The maximum Gasteiger partial charge on any atom is 0.341 e. The van der Waals surface area contributed by atoms with Crippen LogP contribution in [0.2, 0.25) is 5.02 Å². The van der Waals surface area contributed by atoms with Gasteiger partial charge in [0.05, 0.1) is 24.1 Å². The van der Waals surface area contributed by atoms with Gasteiger partial charge >= 0.3 is 5.97 Å². The molecule has 0 fully saturated rings. The monoisotopic (exact) mass is 497 g/mol. The number of nitrogens with zero attached hydrogens (tertiary/aromatic N) is 1. The zero-order valence-electron chi connectivity index (χ0n) is 18.8. The summed E-state index contributed by atoms with van der Waals surface area (Å²) in [7, 11) is 0. The SMILES string of the molecule is CCOc1cccc(CNc2ccc(Cl)cc2C(=O)Nc2ccc(C(=N)N)nc2)c1OCC(=O)O. The van der Waals surface area contributed by atoms with Gasteiger partial charge in [0.15, 0.2) is 18.1 Å². The molecule has 1 aromatic heterocycles. The highest BCUT2D eigenvalue weighted by Crippen LogP contribution is 2.32. The number of aliphatic carboxylic acids is 1. The van der Waals surface area contributed by atoms with E-state index in [0.29, 0.717) is 45.8 Å². The molecule has 0 unspecified atom stereocenters. The number of aromatic nitrogens is 1. The smallest absolute Gasteiger partial charge is 0.341 e. The number of nitrogens with two attached hydrogens (primary N) is 1. The molecule has 35 heavy (non-hydrogen) atoms. The average molecular weight is 498 g/mol. The Labute approximate surface area is 206 Å². The number of nitrogens with one attached hydrogen (secondary N) is 3. The minimum absolute atomic E-state index is 0.177. The molecule has 1 amide bonds. The summed E-state index contributed by atoms with van der Waals surface area (Å²) in [5.41, 5.74) is 7.53. The quantitative estimate of drug-likeness (QED) is 0.198. The highest BCUT2D eigenvalue weighted by molar-refractivity contribution is 6.31. The third-order valence-electron chi connectivity index (χ3n) is 4.69. The summed E-state index contributed by atoms with van der Waals surface area (Å²) in [6.45, 7) is 1.88. The van der Waals surface area contributed by atoms with Gasteiger partial charge in [-0.3, -0.25) is 15.2 Å². The molecule has 0 atom stereocenters. The average Bonchev–Trinajstić information content (AvgIpc) is 2.83. The third kappa shape index (κ3) is 6.84. The minimum Gasteiger partial charge on any atom is -0.490 e. The number of anilines is 2. The number of carbonyl (C=O) groups excluding carboxylic acids is 1. The van der Waals surface area contributed by atoms with Crippen molar-refractivity contribution < 1.29 is 24.2 Å². The lowest BCUT2D eigenvalue weighted by Gasteiger charge is -2.17. The molecular formula is C24H24ClN5O5. The largest absolute Gasteiger partial charge is 0.490 e. The van der Waals surface area contributed by atoms with Crippen LogP contribution in [0.4, 0.5) is 11.4 Å². The maximum atomic E-state index is 13.0. The summed E-state index contributed by atoms with van der Waals surface area (Å²) in [6, 6.07) is 13.2. The number of hydrogen-bond acceptors (Lipinski definition) is 7. The second-order valence-electron chi connectivity index (χ2n) is 7.20. The van der Waals surface area contributed by atoms with Gasteiger partial charge in [-0.1, -0.05) is 23.7 Å². The summed E-state index contributed by atoms with van der Waals surface area (Å²) >= 11 is 6.14. The van der Waals surface area contributed by atoms with E-state index in [0.717, 1.165) is 0 Å². The fraction of sp³-hybridized carbons (Fsp3) is 0.167. The van der Waals surface area contributed by atoms with E-state index in [9.17, 15) is 9.59 Å². The number of halogens is 1. The van der Waals surface area contributed by atoms with E-state index in [1.54, 1.807) is 36.4 Å². The number of ether oxygens (including phenoxy) is 2. The molecule has 182 valence electrons. The Morgan fingerprint density at radius 2 is 1.97 bits per heavy atom. The van der Waals surface area contributed by atoms with Crippen molar-refractivity contribution in [1.29, 1.82) is 5.41 Å². The Bertz CT molecular complexity index is 1230. The van der Waals surface area contributed by atoms with Gasteiger partial charge in [-0.2, -0.15) is 0 Å². The molecule has 3 rings (SSSR count). The number of benzene rings is 2. The van der Waals surface area contributed by atoms with Gasteiger partial charge in [-0.25, -0.2) is 4.79 Å². The van der Waals surface area contributed by atoms with Crippen LogP contribution in [0.5, 0.6) is 11.5 Å². The molecule has 6 N–H and O–H groups in total. The number of carboxylic acid groups (broad SMARTS) is 1. The summed E-state index contributed by atoms with van der Waals surface area (Å²) in [6.07, 6.45) is 1.40. The van der Waals surface area contributed by atoms with Gasteiger partial charge in [0.1, 0.15) is 11.5 Å². The van der Waals surface area contributed by atoms with Gasteiger partial charge in [0.25, 0.3) is 5.91 Å². The first-order chi connectivity index (χ1) is 16.8. The first kappa shape index (κ1) is 25.3. The molecule has 0 saturated carbocycles. The van der Waals surface area contributed by atoms with Crippen LogP contribution in [0.15, 0.2) is 54.7 Å². The fourth-order valence-corrected chi connectivity index (χ4v) is 3.31. The topological polar surface area (TPSA) is 160 Å². The van der Waals surface area contributed by atoms with E-state index < -0.39 is 18.5 Å². The van der Waals surface area contributed by atoms with Crippen LogP contribution in [0, 0.1) is 5.41 Å². The van der Waals surface area contributed by atoms with Crippen LogP contribution in [0.3, 0.4) is 0 Å². The molecule has 0 bridgehead atoms. The molecule has 0 saturated heterocycles. The number of nitrogen functional groups attached to an aromatic ring is 1. The molecule has 0 aliphatic carbocycles. The van der Waals surface area contributed by atoms with Crippen LogP contribution in [0.1, 0.15) is 28.5 Å². The highest BCUT2D eigenvalue weighted by atomic mass is 35.5. The summed E-state index contributed by atoms with van der Waals surface area (Å²) in [4.78, 5) is 28.0. The Kier molecular flexibility index (Phi) is 8.47. The van der Waals surface area contributed by atoms with E-state index >= 15 is 0 Å². The number of carbonyl (C=O) groups is 2. The normalized spacial score (nSPS) is 10.3. The zero-order chi connectivity index (χ0) is 25.4.